The Morgan fingerprint density at radius 1 is 0.472 bits per heavy atom. The zero-order valence-electron chi connectivity index (χ0n) is 30.1. The van der Waals surface area contributed by atoms with Gasteiger partial charge in [-0.1, -0.05) is 159 Å². The van der Waals surface area contributed by atoms with Crippen LogP contribution in [0.2, 0.25) is 0 Å². The van der Waals surface area contributed by atoms with Crippen molar-refractivity contribution in [3.05, 3.63) is 215 Å². The van der Waals surface area contributed by atoms with E-state index in [0.717, 1.165) is 18.5 Å². The van der Waals surface area contributed by atoms with E-state index in [4.69, 9.17) is 0 Å². The van der Waals surface area contributed by atoms with E-state index in [1.165, 1.54) is 89.3 Å². The summed E-state index contributed by atoms with van der Waals surface area (Å²) >= 11 is 0. The summed E-state index contributed by atoms with van der Waals surface area (Å²) in [6.07, 6.45) is 6.96. The van der Waals surface area contributed by atoms with Crippen LogP contribution in [0.5, 0.6) is 0 Å². The molecule has 0 bridgehead atoms. The number of allylic oxidation sites excluding steroid dienone is 4. The third-order valence-corrected chi connectivity index (χ3v) is 12.6. The molecule has 0 aliphatic heterocycles. The second-order valence-corrected chi connectivity index (χ2v) is 15.5. The third-order valence-electron chi connectivity index (χ3n) is 12.6. The van der Waals surface area contributed by atoms with Crippen LogP contribution < -0.4 is 4.90 Å². The highest BCUT2D eigenvalue weighted by atomic mass is 15.1. The Labute approximate surface area is 312 Å². The van der Waals surface area contributed by atoms with E-state index in [1.807, 2.05) is 0 Å². The van der Waals surface area contributed by atoms with E-state index >= 15 is 0 Å². The molecule has 53 heavy (non-hydrogen) atoms. The van der Waals surface area contributed by atoms with Crippen LogP contribution in [0.3, 0.4) is 0 Å². The number of nitrogens with zero attached hydrogens (tertiary/aromatic N) is 1. The molecule has 0 saturated heterocycles. The first-order chi connectivity index (χ1) is 26.1. The smallest absolute Gasteiger partial charge is 0.0742 e. The van der Waals surface area contributed by atoms with Crippen LogP contribution in [0, 0.1) is 0 Å². The van der Waals surface area contributed by atoms with Gasteiger partial charge in [0.2, 0.25) is 0 Å². The number of hydrogen-bond donors (Lipinski definition) is 0. The molecule has 1 nitrogen and oxygen atoms in total. The number of rotatable bonds is 4. The highest BCUT2D eigenvalue weighted by Gasteiger charge is 2.54. The minimum Gasteiger partial charge on any atom is -0.310 e. The van der Waals surface area contributed by atoms with E-state index in [-0.39, 0.29) is 5.41 Å². The van der Waals surface area contributed by atoms with Gasteiger partial charge >= 0.3 is 0 Å². The molecule has 252 valence electrons. The summed E-state index contributed by atoms with van der Waals surface area (Å²) < 4.78 is 0. The largest absolute Gasteiger partial charge is 0.310 e. The molecule has 7 aromatic rings. The summed E-state index contributed by atoms with van der Waals surface area (Å²) in [4.78, 5) is 2.56. The molecule has 0 atom stereocenters. The van der Waals surface area contributed by atoms with E-state index in [9.17, 15) is 0 Å². The van der Waals surface area contributed by atoms with Gasteiger partial charge < -0.3 is 4.90 Å². The van der Waals surface area contributed by atoms with Gasteiger partial charge in [-0.3, -0.25) is 0 Å². The van der Waals surface area contributed by atoms with Crippen molar-refractivity contribution < 1.29 is 0 Å². The lowest BCUT2D eigenvalue weighted by atomic mass is 9.68. The SMILES string of the molecule is CC1(C)c2ccccc2-c2ccc(N(c3ccc(-c4ccccc4)cc3)c3cccc4c3C3(C5=C4CCC=C5)c4ccccc4-c4ccccc43)cc21. The van der Waals surface area contributed by atoms with E-state index in [1.54, 1.807) is 0 Å². The molecule has 0 saturated carbocycles. The molecule has 11 rings (SSSR count). The monoisotopic (exact) mass is 677 g/mol. The quantitative estimate of drug-likeness (QED) is 0.179. The number of anilines is 3. The summed E-state index contributed by atoms with van der Waals surface area (Å²) in [6.45, 7) is 4.76. The Morgan fingerprint density at radius 3 is 1.75 bits per heavy atom. The maximum Gasteiger partial charge on any atom is 0.0742 e. The fourth-order valence-electron chi connectivity index (χ4n) is 10.3. The molecule has 0 heterocycles. The van der Waals surface area contributed by atoms with Crippen molar-refractivity contribution in [2.75, 3.05) is 4.90 Å². The average molecular weight is 678 g/mol. The van der Waals surface area contributed by atoms with Crippen molar-refractivity contribution in [1.82, 2.24) is 0 Å². The van der Waals surface area contributed by atoms with Gasteiger partial charge in [0.25, 0.3) is 0 Å². The lowest BCUT2D eigenvalue weighted by Gasteiger charge is -2.37. The molecule has 7 aromatic carbocycles. The van der Waals surface area contributed by atoms with Gasteiger partial charge in [0.1, 0.15) is 0 Å². The highest BCUT2D eigenvalue weighted by molar-refractivity contribution is 6.00. The molecular formula is C52H39N. The summed E-state index contributed by atoms with van der Waals surface area (Å²) in [5.41, 5.74) is 22.1. The lowest BCUT2D eigenvalue weighted by molar-refractivity contribution is 0.660. The average Bonchev–Trinajstić information content (AvgIpc) is 3.78. The van der Waals surface area contributed by atoms with Gasteiger partial charge in [0.05, 0.1) is 11.1 Å². The van der Waals surface area contributed by atoms with Crippen molar-refractivity contribution in [2.24, 2.45) is 0 Å². The van der Waals surface area contributed by atoms with Crippen LogP contribution in [0.1, 0.15) is 60.1 Å². The number of hydrogen-bond acceptors (Lipinski definition) is 1. The van der Waals surface area contributed by atoms with Crippen molar-refractivity contribution >= 4 is 22.6 Å². The zero-order chi connectivity index (χ0) is 35.3. The molecule has 0 radical (unpaired) electrons. The molecule has 0 N–H and O–H groups in total. The summed E-state index contributed by atoms with van der Waals surface area (Å²) in [6, 6.07) is 61.5. The highest BCUT2D eigenvalue weighted by Crippen LogP contribution is 2.66. The summed E-state index contributed by atoms with van der Waals surface area (Å²) in [5.74, 6) is 0. The molecule has 0 unspecified atom stereocenters. The van der Waals surface area contributed by atoms with Crippen molar-refractivity contribution in [1.29, 1.82) is 0 Å². The van der Waals surface area contributed by atoms with Gasteiger partial charge in [-0.15, -0.1) is 0 Å². The number of benzene rings is 7. The standard InChI is InChI=1S/C52H39N/c1-51(2)44-22-10-6-17-38(44)42-32-31-37(33-48(42)51)53(36-29-27-35(28-30-36)34-15-4-3-5-16-34)49-26-14-21-43-41-20-9-13-25-47(41)52(50(43)49)45-23-11-7-18-39(45)40-19-8-12-24-46(40)52/h3-8,10-19,21-33H,9,20H2,1-2H3. The Morgan fingerprint density at radius 2 is 1.04 bits per heavy atom. The number of fused-ring (bicyclic) bond motifs is 12. The molecule has 0 aromatic heterocycles. The molecule has 1 spiro atoms. The first-order valence-electron chi connectivity index (χ1n) is 19.0. The molecule has 0 fully saturated rings. The first kappa shape index (κ1) is 30.4. The minimum atomic E-state index is -0.417. The van der Waals surface area contributed by atoms with Crippen LogP contribution in [-0.4, -0.2) is 0 Å². The Kier molecular flexibility index (Phi) is 6.41. The summed E-state index contributed by atoms with van der Waals surface area (Å²) in [5, 5.41) is 0. The van der Waals surface area contributed by atoms with Gasteiger partial charge in [0.15, 0.2) is 0 Å². The Bertz CT molecular complexity index is 2640. The van der Waals surface area contributed by atoms with E-state index < -0.39 is 5.41 Å². The fraction of sp³-hybridized carbons (Fsp3) is 0.115. The van der Waals surface area contributed by atoms with Gasteiger partial charge in [0, 0.05) is 22.4 Å². The first-order valence-corrected chi connectivity index (χ1v) is 19.0. The van der Waals surface area contributed by atoms with Crippen molar-refractivity contribution in [2.45, 2.75) is 37.5 Å². The maximum absolute atomic E-state index is 2.56. The Hall–Kier alpha value is -6.18. The van der Waals surface area contributed by atoms with Gasteiger partial charge in [-0.25, -0.2) is 0 Å². The predicted octanol–water partition coefficient (Wildman–Crippen LogP) is 13.6. The van der Waals surface area contributed by atoms with E-state index in [2.05, 4.69) is 195 Å². The predicted molar refractivity (Wildman–Crippen MR) is 221 cm³/mol. The molecule has 4 aliphatic rings. The van der Waals surface area contributed by atoms with Gasteiger partial charge in [-0.2, -0.15) is 0 Å². The van der Waals surface area contributed by atoms with Crippen molar-refractivity contribution in [3.8, 4) is 33.4 Å². The molecule has 4 aliphatic carbocycles. The Balaban J connectivity index is 1.20. The normalized spacial score (nSPS) is 16.1. The lowest BCUT2D eigenvalue weighted by Crippen LogP contribution is -2.29. The maximum atomic E-state index is 2.56. The molecular weight excluding hydrogens is 639 g/mol. The fourth-order valence-corrected chi connectivity index (χ4v) is 10.3. The zero-order valence-corrected chi connectivity index (χ0v) is 30.1. The molecule has 0 amide bonds. The van der Waals surface area contributed by atoms with Crippen LogP contribution in [0.25, 0.3) is 39.0 Å². The van der Waals surface area contributed by atoms with Gasteiger partial charge in [-0.05, 0) is 116 Å². The molecule has 1 heteroatoms. The topological polar surface area (TPSA) is 3.24 Å². The van der Waals surface area contributed by atoms with Crippen LogP contribution in [0.15, 0.2) is 182 Å². The third kappa shape index (κ3) is 4.08. The van der Waals surface area contributed by atoms with E-state index in [0.29, 0.717) is 0 Å². The van der Waals surface area contributed by atoms with Crippen LogP contribution in [-0.2, 0) is 10.8 Å². The van der Waals surface area contributed by atoms with Crippen LogP contribution >= 0.6 is 0 Å². The second-order valence-electron chi connectivity index (χ2n) is 15.5. The summed E-state index contributed by atoms with van der Waals surface area (Å²) in [7, 11) is 0. The second kappa shape index (κ2) is 11.2. The van der Waals surface area contributed by atoms with Crippen molar-refractivity contribution in [3.63, 3.8) is 0 Å². The minimum absolute atomic E-state index is 0.112. The van der Waals surface area contributed by atoms with Crippen LogP contribution in [0.4, 0.5) is 17.1 Å².